The summed E-state index contributed by atoms with van der Waals surface area (Å²) in [6, 6.07) is 5.66. The zero-order chi connectivity index (χ0) is 11.7. The van der Waals surface area contributed by atoms with Gasteiger partial charge in [-0.15, -0.1) is 0 Å². The van der Waals surface area contributed by atoms with E-state index in [-0.39, 0.29) is 40.3 Å². The average Bonchev–Trinajstić information content (AvgIpc) is 2.61. The van der Waals surface area contributed by atoms with Crippen molar-refractivity contribution in [2.24, 2.45) is 0 Å². The van der Waals surface area contributed by atoms with Crippen LogP contribution in [-0.4, -0.2) is 18.5 Å². The van der Waals surface area contributed by atoms with E-state index in [2.05, 4.69) is 5.10 Å². The summed E-state index contributed by atoms with van der Waals surface area (Å²) in [5.41, 5.74) is 1.12. The third-order valence-corrected chi connectivity index (χ3v) is 2.98. The van der Waals surface area contributed by atoms with Crippen LogP contribution in [0.2, 0.25) is 0 Å². The van der Waals surface area contributed by atoms with Crippen molar-refractivity contribution >= 4 is 11.1 Å². The van der Waals surface area contributed by atoms with Crippen molar-refractivity contribution in [2.75, 3.05) is 0 Å². The minimum Gasteiger partial charge on any atom is -0.768 e. The summed E-state index contributed by atoms with van der Waals surface area (Å²) in [5, 5.41) is 3.94. The monoisotopic (exact) mass is 262 g/mol. The minimum absolute atomic E-state index is 0. The maximum Gasteiger partial charge on any atom is 1.00 e. The third-order valence-electron chi connectivity index (χ3n) is 2.22. The molecule has 0 aliphatic heterocycles. The molecule has 0 N–H and O–H groups in total. The average molecular weight is 262 g/mol. The number of aromatic nitrogens is 2. The summed E-state index contributed by atoms with van der Waals surface area (Å²) in [4.78, 5) is 0.143. The van der Waals surface area contributed by atoms with Crippen LogP contribution < -0.4 is 29.6 Å². The molecule has 84 valence electrons. The molecule has 2 rings (SSSR count). The first-order chi connectivity index (χ1) is 7.59. The zero-order valence-electron chi connectivity index (χ0n) is 9.38. The van der Waals surface area contributed by atoms with Crippen molar-refractivity contribution in [3.8, 4) is 5.69 Å². The molecule has 1 heterocycles. The van der Waals surface area contributed by atoms with Gasteiger partial charge in [0.25, 0.3) is 0 Å². The van der Waals surface area contributed by atoms with Crippen molar-refractivity contribution in [1.29, 1.82) is 0 Å². The Hall–Kier alpha value is -0.530. The molecule has 1 aromatic heterocycles. The van der Waals surface area contributed by atoms with E-state index in [1.807, 2.05) is 0 Å². The van der Waals surface area contributed by atoms with Crippen molar-refractivity contribution in [1.82, 2.24) is 9.78 Å². The Morgan fingerprint density at radius 2 is 1.94 bits per heavy atom. The van der Waals surface area contributed by atoms with E-state index in [9.17, 15) is 13.2 Å². The third kappa shape index (κ3) is 3.02. The fraction of sp³-hybridized carbons (Fsp3) is 0.100. The van der Waals surface area contributed by atoms with Crippen molar-refractivity contribution < 1.29 is 42.7 Å². The van der Waals surface area contributed by atoms with Crippen LogP contribution >= 0.6 is 0 Å². The summed E-state index contributed by atoms with van der Waals surface area (Å²) in [7, 11) is 0. The standard InChI is InChI=1S/C10H9FN2O2S.Na/c1-7-10(16(14)15)6-12-13(7)9-4-2-8(11)3-5-9;/h2-6H,1H3,(H,14,15);/q;+1/p-1. The Balaban J connectivity index is 0.00000144. The van der Waals surface area contributed by atoms with Gasteiger partial charge < -0.3 is 4.55 Å². The summed E-state index contributed by atoms with van der Waals surface area (Å²) in [5.74, 6) is -0.346. The summed E-state index contributed by atoms with van der Waals surface area (Å²) in [6.45, 7) is 1.64. The Morgan fingerprint density at radius 1 is 1.35 bits per heavy atom. The largest absolute Gasteiger partial charge is 1.00 e. The molecule has 1 unspecified atom stereocenters. The van der Waals surface area contributed by atoms with Gasteiger partial charge in [-0.25, -0.2) is 9.07 Å². The number of rotatable bonds is 2. The van der Waals surface area contributed by atoms with Crippen LogP contribution in [0.25, 0.3) is 5.69 Å². The number of hydrogen-bond donors (Lipinski definition) is 0. The van der Waals surface area contributed by atoms with E-state index in [1.165, 1.54) is 35.1 Å². The van der Waals surface area contributed by atoms with Gasteiger partial charge in [0.1, 0.15) is 5.82 Å². The molecule has 4 nitrogen and oxygen atoms in total. The van der Waals surface area contributed by atoms with Gasteiger partial charge >= 0.3 is 29.6 Å². The molecule has 0 saturated carbocycles. The van der Waals surface area contributed by atoms with Gasteiger partial charge in [0.15, 0.2) is 0 Å². The Morgan fingerprint density at radius 3 is 2.41 bits per heavy atom. The SMILES string of the molecule is Cc1c(S(=O)[O-])cnn1-c1ccc(F)cc1.[Na+]. The van der Waals surface area contributed by atoms with E-state index in [0.717, 1.165) is 0 Å². The number of nitrogens with zero attached hydrogens (tertiary/aromatic N) is 2. The van der Waals surface area contributed by atoms with Gasteiger partial charge in [0.2, 0.25) is 0 Å². The quantitative estimate of drug-likeness (QED) is 0.492. The van der Waals surface area contributed by atoms with Gasteiger partial charge in [-0.2, -0.15) is 5.10 Å². The van der Waals surface area contributed by atoms with Crippen LogP contribution in [0.5, 0.6) is 0 Å². The van der Waals surface area contributed by atoms with E-state index in [1.54, 1.807) is 6.92 Å². The van der Waals surface area contributed by atoms with Crippen LogP contribution in [0.1, 0.15) is 5.69 Å². The first-order valence-corrected chi connectivity index (χ1v) is 5.57. The van der Waals surface area contributed by atoms with Crippen molar-refractivity contribution in [3.63, 3.8) is 0 Å². The van der Waals surface area contributed by atoms with Gasteiger partial charge in [0, 0.05) is 0 Å². The number of hydrogen-bond acceptors (Lipinski definition) is 3. The molecule has 1 atom stereocenters. The van der Waals surface area contributed by atoms with Gasteiger partial charge in [-0.3, -0.25) is 4.21 Å². The smallest absolute Gasteiger partial charge is 0.768 e. The normalized spacial score (nSPS) is 11.9. The second-order valence-corrected chi connectivity index (χ2v) is 4.13. The fourth-order valence-electron chi connectivity index (χ4n) is 1.40. The number of benzene rings is 1. The molecule has 2 aromatic rings. The first kappa shape index (κ1) is 14.5. The minimum atomic E-state index is -2.31. The molecule has 0 amide bonds. The van der Waals surface area contributed by atoms with E-state index >= 15 is 0 Å². The molecule has 0 saturated heterocycles. The molecule has 0 spiro atoms. The molecule has 7 heteroatoms. The van der Waals surface area contributed by atoms with Crippen LogP contribution in [0, 0.1) is 12.7 Å². The molecule has 0 aliphatic carbocycles. The molecule has 1 aromatic carbocycles. The maximum absolute atomic E-state index is 12.7. The predicted molar refractivity (Wildman–Crippen MR) is 55.4 cm³/mol. The zero-order valence-corrected chi connectivity index (χ0v) is 12.2. The maximum atomic E-state index is 12.7. The van der Waals surface area contributed by atoms with Crippen LogP contribution in [0.3, 0.4) is 0 Å². The van der Waals surface area contributed by atoms with Gasteiger partial charge in [-0.05, 0) is 42.3 Å². The summed E-state index contributed by atoms with van der Waals surface area (Å²) in [6.07, 6.45) is 1.27. The fourth-order valence-corrected chi connectivity index (χ4v) is 1.86. The van der Waals surface area contributed by atoms with Gasteiger partial charge in [-0.1, -0.05) is 0 Å². The molecular weight excluding hydrogens is 254 g/mol. The van der Waals surface area contributed by atoms with E-state index < -0.39 is 11.1 Å². The molecule has 0 radical (unpaired) electrons. The summed E-state index contributed by atoms with van der Waals surface area (Å²) < 4.78 is 35.8. The second kappa shape index (κ2) is 5.88. The van der Waals surface area contributed by atoms with Crippen molar-refractivity contribution in [2.45, 2.75) is 11.8 Å². The molecule has 0 aliphatic rings. The second-order valence-electron chi connectivity index (χ2n) is 3.22. The molecule has 17 heavy (non-hydrogen) atoms. The Kier molecular flexibility index (Phi) is 5.03. The Labute approximate surface area is 122 Å². The first-order valence-electron chi connectivity index (χ1n) is 4.49. The van der Waals surface area contributed by atoms with E-state index in [4.69, 9.17) is 0 Å². The van der Waals surface area contributed by atoms with Gasteiger partial charge in [0.05, 0.1) is 22.5 Å². The summed E-state index contributed by atoms with van der Waals surface area (Å²) >= 11 is -2.31. The topological polar surface area (TPSA) is 57.9 Å². The van der Waals surface area contributed by atoms with Crippen LogP contribution in [0.4, 0.5) is 4.39 Å². The molecule has 0 fully saturated rings. The van der Waals surface area contributed by atoms with Crippen LogP contribution in [0.15, 0.2) is 35.4 Å². The Bertz CT molecular complexity index is 542. The number of halogens is 1. The molecular formula is C10H8FN2NaO2S. The van der Waals surface area contributed by atoms with E-state index in [0.29, 0.717) is 11.4 Å². The predicted octanol–water partition coefficient (Wildman–Crippen LogP) is -1.44. The van der Waals surface area contributed by atoms with Crippen LogP contribution in [-0.2, 0) is 11.1 Å². The van der Waals surface area contributed by atoms with Crippen molar-refractivity contribution in [3.05, 3.63) is 42.0 Å². The molecule has 0 bridgehead atoms.